The van der Waals surface area contributed by atoms with Crippen LogP contribution in [0, 0.1) is 10.1 Å². The number of hydrogen-bond donors (Lipinski definition) is 1. The highest BCUT2D eigenvalue weighted by Crippen LogP contribution is 2.25. The van der Waals surface area contributed by atoms with Gasteiger partial charge in [-0.15, -0.1) is 0 Å². The van der Waals surface area contributed by atoms with E-state index in [2.05, 4.69) is 27.2 Å². The molecule has 0 atom stereocenters. The summed E-state index contributed by atoms with van der Waals surface area (Å²) in [4.78, 5) is 26.6. The highest BCUT2D eigenvalue weighted by atomic mass is 16.6. The summed E-state index contributed by atoms with van der Waals surface area (Å²) in [6.45, 7) is 3.98. The van der Waals surface area contributed by atoms with Gasteiger partial charge in [0.2, 0.25) is 0 Å². The van der Waals surface area contributed by atoms with Crippen LogP contribution in [0.3, 0.4) is 0 Å². The van der Waals surface area contributed by atoms with Gasteiger partial charge in [-0.3, -0.25) is 14.9 Å². The van der Waals surface area contributed by atoms with Gasteiger partial charge in [0.05, 0.1) is 18.5 Å². The topological polar surface area (TPSA) is 88.0 Å². The highest BCUT2D eigenvalue weighted by molar-refractivity contribution is 5.72. The van der Waals surface area contributed by atoms with Gasteiger partial charge < -0.3 is 19.9 Å². The summed E-state index contributed by atoms with van der Waals surface area (Å²) in [5.41, 5.74) is 3.38. The van der Waals surface area contributed by atoms with Crippen molar-refractivity contribution in [3.63, 3.8) is 0 Å². The molecule has 1 N–H and O–H groups in total. The van der Waals surface area contributed by atoms with Crippen LogP contribution >= 0.6 is 0 Å². The Balaban J connectivity index is 1.20. The van der Waals surface area contributed by atoms with E-state index in [0.29, 0.717) is 18.5 Å². The number of esters is 1. The Bertz CT molecular complexity index is 932. The number of nitro groups is 1. The average molecular weight is 453 g/mol. The number of non-ortho nitro benzene ring substituents is 1. The molecule has 0 spiro atoms. The van der Waals surface area contributed by atoms with Gasteiger partial charge in [0.15, 0.2) is 0 Å². The van der Waals surface area contributed by atoms with E-state index in [1.54, 1.807) is 12.1 Å². The summed E-state index contributed by atoms with van der Waals surface area (Å²) >= 11 is 0. The molecule has 2 saturated heterocycles. The minimum Gasteiger partial charge on any atom is -0.469 e. The SMILES string of the molecule is COC(=O)Cc1ccc(N2CCC(NC3CCN(c4ccc([N+](=O)[O-])cc4)CC3)CC2)cc1. The summed E-state index contributed by atoms with van der Waals surface area (Å²) in [5.74, 6) is -0.215. The smallest absolute Gasteiger partial charge is 0.309 e. The lowest BCUT2D eigenvalue weighted by molar-refractivity contribution is -0.384. The fourth-order valence-corrected chi connectivity index (χ4v) is 4.79. The second-order valence-corrected chi connectivity index (χ2v) is 8.88. The maximum absolute atomic E-state index is 11.4. The van der Waals surface area contributed by atoms with Crippen molar-refractivity contribution < 1.29 is 14.5 Å². The molecule has 2 aromatic rings. The summed E-state index contributed by atoms with van der Waals surface area (Å²) < 4.78 is 4.73. The van der Waals surface area contributed by atoms with Crippen LogP contribution in [-0.2, 0) is 16.0 Å². The number of nitrogens with one attached hydrogen (secondary N) is 1. The van der Waals surface area contributed by atoms with Crippen LogP contribution in [0.1, 0.15) is 31.2 Å². The van der Waals surface area contributed by atoms with E-state index in [1.165, 1.54) is 12.8 Å². The Morgan fingerprint density at radius 2 is 1.36 bits per heavy atom. The molecule has 0 unspecified atom stereocenters. The van der Waals surface area contributed by atoms with Crippen molar-refractivity contribution in [1.82, 2.24) is 5.32 Å². The first kappa shape index (κ1) is 23.0. The Hall–Kier alpha value is -3.13. The molecular formula is C25H32N4O4. The molecule has 8 heteroatoms. The molecule has 176 valence electrons. The van der Waals surface area contributed by atoms with Crippen LogP contribution in [0.25, 0.3) is 0 Å². The molecular weight excluding hydrogens is 420 g/mol. The van der Waals surface area contributed by atoms with Gasteiger partial charge >= 0.3 is 5.97 Å². The Kier molecular flexibility index (Phi) is 7.44. The van der Waals surface area contributed by atoms with Crippen LogP contribution in [-0.4, -0.2) is 56.3 Å². The van der Waals surface area contributed by atoms with Gasteiger partial charge in [0, 0.05) is 61.8 Å². The zero-order valence-electron chi connectivity index (χ0n) is 19.1. The summed E-state index contributed by atoms with van der Waals surface area (Å²) in [6.07, 6.45) is 4.71. The normalized spacial score (nSPS) is 17.7. The number of ether oxygens (including phenoxy) is 1. The predicted molar refractivity (Wildman–Crippen MR) is 129 cm³/mol. The average Bonchev–Trinajstić information content (AvgIpc) is 2.85. The summed E-state index contributed by atoms with van der Waals surface area (Å²) in [5, 5.41) is 14.7. The lowest BCUT2D eigenvalue weighted by Crippen LogP contribution is -2.50. The second-order valence-electron chi connectivity index (χ2n) is 8.88. The van der Waals surface area contributed by atoms with Crippen molar-refractivity contribution in [2.24, 2.45) is 0 Å². The first-order valence-electron chi connectivity index (χ1n) is 11.7. The van der Waals surface area contributed by atoms with Crippen LogP contribution in [0.15, 0.2) is 48.5 Å². The second kappa shape index (κ2) is 10.7. The van der Waals surface area contributed by atoms with Gasteiger partial charge in [-0.25, -0.2) is 0 Å². The van der Waals surface area contributed by atoms with E-state index in [1.807, 2.05) is 24.3 Å². The minimum atomic E-state index is -0.356. The third kappa shape index (κ3) is 6.01. The summed E-state index contributed by atoms with van der Waals surface area (Å²) in [7, 11) is 1.41. The lowest BCUT2D eigenvalue weighted by atomic mass is 9.98. The van der Waals surface area contributed by atoms with Gasteiger partial charge in [0.1, 0.15) is 0 Å². The molecule has 2 aromatic carbocycles. The number of rotatable bonds is 7. The third-order valence-electron chi connectivity index (χ3n) is 6.76. The van der Waals surface area contributed by atoms with Crippen molar-refractivity contribution in [3.05, 3.63) is 64.2 Å². The Morgan fingerprint density at radius 1 is 0.909 bits per heavy atom. The van der Waals surface area contributed by atoms with Gasteiger partial charge in [-0.2, -0.15) is 0 Å². The van der Waals surface area contributed by atoms with E-state index in [-0.39, 0.29) is 16.6 Å². The van der Waals surface area contributed by atoms with E-state index in [9.17, 15) is 14.9 Å². The molecule has 0 bridgehead atoms. The number of benzene rings is 2. The predicted octanol–water partition coefficient (Wildman–Crippen LogP) is 3.54. The number of nitrogens with zero attached hydrogens (tertiary/aromatic N) is 3. The highest BCUT2D eigenvalue weighted by Gasteiger charge is 2.25. The van der Waals surface area contributed by atoms with Gasteiger partial charge in [0.25, 0.3) is 5.69 Å². The Morgan fingerprint density at radius 3 is 1.79 bits per heavy atom. The zero-order valence-corrected chi connectivity index (χ0v) is 19.1. The van der Waals surface area contributed by atoms with Gasteiger partial charge in [-0.1, -0.05) is 12.1 Å². The lowest BCUT2D eigenvalue weighted by Gasteiger charge is -2.39. The molecule has 0 radical (unpaired) electrons. The molecule has 2 aliphatic rings. The van der Waals surface area contributed by atoms with Crippen LogP contribution in [0.5, 0.6) is 0 Å². The van der Waals surface area contributed by atoms with E-state index in [4.69, 9.17) is 4.74 Å². The number of piperidine rings is 2. The number of hydrogen-bond acceptors (Lipinski definition) is 7. The molecule has 2 heterocycles. The fourth-order valence-electron chi connectivity index (χ4n) is 4.79. The maximum atomic E-state index is 11.4. The van der Waals surface area contributed by atoms with Crippen LogP contribution in [0.4, 0.5) is 17.1 Å². The van der Waals surface area contributed by atoms with Crippen molar-refractivity contribution in [1.29, 1.82) is 0 Å². The number of nitro benzene ring substituents is 1. The van der Waals surface area contributed by atoms with E-state index < -0.39 is 0 Å². The van der Waals surface area contributed by atoms with Crippen molar-refractivity contribution in [2.45, 2.75) is 44.2 Å². The first-order chi connectivity index (χ1) is 16.0. The maximum Gasteiger partial charge on any atom is 0.309 e. The standard InChI is InChI=1S/C25H32N4O4/c1-33-25(30)18-19-2-4-22(5-3-19)27-14-10-20(11-15-27)26-21-12-16-28(17-13-21)23-6-8-24(9-7-23)29(31)32/h2-9,20-21,26H,10-18H2,1H3. The molecule has 0 amide bonds. The quantitative estimate of drug-likeness (QED) is 0.391. The van der Waals surface area contributed by atoms with E-state index >= 15 is 0 Å². The van der Waals surface area contributed by atoms with Crippen LogP contribution in [0.2, 0.25) is 0 Å². The summed E-state index contributed by atoms with van der Waals surface area (Å²) in [6, 6.07) is 16.1. The minimum absolute atomic E-state index is 0.138. The Labute approximate surface area is 194 Å². The molecule has 33 heavy (non-hydrogen) atoms. The van der Waals surface area contributed by atoms with E-state index in [0.717, 1.165) is 63.1 Å². The fraction of sp³-hybridized carbons (Fsp3) is 0.480. The van der Waals surface area contributed by atoms with Crippen molar-refractivity contribution in [2.75, 3.05) is 43.1 Å². The zero-order chi connectivity index (χ0) is 23.2. The molecule has 0 aliphatic carbocycles. The molecule has 2 aliphatic heterocycles. The molecule has 8 nitrogen and oxygen atoms in total. The molecule has 0 saturated carbocycles. The first-order valence-corrected chi connectivity index (χ1v) is 11.7. The number of methoxy groups -OCH3 is 1. The van der Waals surface area contributed by atoms with Crippen molar-refractivity contribution in [3.8, 4) is 0 Å². The number of carbonyl (C=O) groups excluding carboxylic acids is 1. The molecule has 2 fully saturated rings. The molecule has 0 aromatic heterocycles. The third-order valence-corrected chi connectivity index (χ3v) is 6.76. The monoisotopic (exact) mass is 452 g/mol. The largest absolute Gasteiger partial charge is 0.469 e. The number of carbonyl (C=O) groups is 1. The van der Waals surface area contributed by atoms with Crippen molar-refractivity contribution >= 4 is 23.0 Å². The van der Waals surface area contributed by atoms with Gasteiger partial charge in [-0.05, 0) is 55.5 Å². The molecule has 4 rings (SSSR count). The van der Waals surface area contributed by atoms with Crippen LogP contribution < -0.4 is 15.1 Å². The number of anilines is 2.